The summed E-state index contributed by atoms with van der Waals surface area (Å²) in [6.45, 7) is 5.10. The van der Waals surface area contributed by atoms with Gasteiger partial charge < -0.3 is 5.32 Å². The van der Waals surface area contributed by atoms with Crippen LogP contribution in [0.5, 0.6) is 0 Å². The van der Waals surface area contributed by atoms with E-state index in [-0.39, 0.29) is 5.82 Å². The van der Waals surface area contributed by atoms with Gasteiger partial charge in [-0.05, 0) is 62.8 Å². The van der Waals surface area contributed by atoms with Crippen LogP contribution in [-0.4, -0.2) is 12.6 Å². The molecule has 0 saturated carbocycles. The van der Waals surface area contributed by atoms with Gasteiger partial charge in [0.25, 0.3) is 0 Å². The maximum Gasteiger partial charge on any atom is 0.126 e. The Balaban J connectivity index is 1.96. The molecule has 0 aromatic heterocycles. The van der Waals surface area contributed by atoms with Crippen LogP contribution in [0.1, 0.15) is 30.9 Å². The normalized spacial score (nSPS) is 25.7. The Morgan fingerprint density at radius 3 is 2.81 bits per heavy atom. The Bertz CT molecular complexity index is 354. The van der Waals surface area contributed by atoms with Gasteiger partial charge >= 0.3 is 0 Å². The molecule has 0 radical (unpaired) electrons. The summed E-state index contributed by atoms with van der Waals surface area (Å²) in [5.74, 6) is 0.591. The predicted octanol–water partition coefficient (Wildman–Crippen LogP) is 3.06. The molecule has 1 N–H and O–H groups in total. The van der Waals surface area contributed by atoms with E-state index in [1.54, 1.807) is 6.07 Å². The van der Waals surface area contributed by atoms with E-state index in [1.807, 2.05) is 13.0 Å². The number of piperidine rings is 1. The molecule has 1 heterocycles. The van der Waals surface area contributed by atoms with Crippen LogP contribution in [-0.2, 0) is 6.42 Å². The van der Waals surface area contributed by atoms with Crippen LogP contribution in [0, 0.1) is 18.7 Å². The van der Waals surface area contributed by atoms with Gasteiger partial charge in [-0.15, -0.1) is 0 Å². The van der Waals surface area contributed by atoms with Crippen LogP contribution in [0.15, 0.2) is 18.2 Å². The van der Waals surface area contributed by atoms with Gasteiger partial charge in [-0.3, -0.25) is 0 Å². The first-order valence-electron chi connectivity index (χ1n) is 6.13. The smallest absolute Gasteiger partial charge is 0.126 e. The first-order valence-corrected chi connectivity index (χ1v) is 6.13. The zero-order valence-electron chi connectivity index (χ0n) is 10.1. The van der Waals surface area contributed by atoms with Crippen molar-refractivity contribution in [3.05, 3.63) is 35.1 Å². The van der Waals surface area contributed by atoms with E-state index in [0.29, 0.717) is 12.0 Å². The number of rotatable bonds is 2. The molecule has 16 heavy (non-hydrogen) atoms. The van der Waals surface area contributed by atoms with Crippen molar-refractivity contribution in [1.29, 1.82) is 0 Å². The Morgan fingerprint density at radius 1 is 1.38 bits per heavy atom. The van der Waals surface area contributed by atoms with E-state index in [1.165, 1.54) is 12.8 Å². The zero-order chi connectivity index (χ0) is 11.5. The minimum absolute atomic E-state index is 0.0744. The summed E-state index contributed by atoms with van der Waals surface area (Å²) in [7, 11) is 0. The Morgan fingerprint density at radius 2 is 2.19 bits per heavy atom. The van der Waals surface area contributed by atoms with E-state index in [9.17, 15) is 4.39 Å². The molecule has 1 aliphatic rings. The lowest BCUT2D eigenvalue weighted by atomic mass is 9.89. The Hall–Kier alpha value is -0.890. The molecule has 88 valence electrons. The molecule has 0 aliphatic carbocycles. The van der Waals surface area contributed by atoms with Crippen molar-refractivity contribution in [3.8, 4) is 0 Å². The molecule has 1 aromatic rings. The van der Waals surface area contributed by atoms with Crippen LogP contribution < -0.4 is 5.32 Å². The van der Waals surface area contributed by atoms with Crippen LogP contribution in [0.2, 0.25) is 0 Å². The maximum absolute atomic E-state index is 13.4. The minimum atomic E-state index is -0.0744. The monoisotopic (exact) mass is 221 g/mol. The fraction of sp³-hybridized carbons (Fsp3) is 0.571. The average Bonchev–Trinajstić information content (AvgIpc) is 2.27. The number of hydrogen-bond donors (Lipinski definition) is 1. The van der Waals surface area contributed by atoms with Crippen molar-refractivity contribution in [2.24, 2.45) is 5.92 Å². The second-order valence-corrected chi connectivity index (χ2v) is 5.04. The third-order valence-corrected chi connectivity index (χ3v) is 3.52. The second kappa shape index (κ2) is 4.96. The molecular formula is C14H20FN. The molecular weight excluding hydrogens is 201 g/mol. The van der Waals surface area contributed by atoms with Crippen molar-refractivity contribution in [2.75, 3.05) is 6.54 Å². The lowest BCUT2D eigenvalue weighted by Gasteiger charge is -2.27. The molecule has 1 aliphatic heterocycles. The summed E-state index contributed by atoms with van der Waals surface area (Å²) < 4.78 is 13.4. The van der Waals surface area contributed by atoms with Crippen molar-refractivity contribution in [3.63, 3.8) is 0 Å². The lowest BCUT2D eigenvalue weighted by molar-refractivity contribution is 0.322. The van der Waals surface area contributed by atoms with E-state index < -0.39 is 0 Å². The maximum atomic E-state index is 13.4. The first-order chi connectivity index (χ1) is 7.65. The first kappa shape index (κ1) is 11.6. The number of benzene rings is 1. The van der Waals surface area contributed by atoms with Crippen molar-refractivity contribution >= 4 is 0 Å². The third kappa shape index (κ3) is 2.82. The van der Waals surface area contributed by atoms with Crippen molar-refractivity contribution in [1.82, 2.24) is 5.32 Å². The lowest BCUT2D eigenvalue weighted by Crippen LogP contribution is -2.37. The zero-order valence-corrected chi connectivity index (χ0v) is 10.1. The summed E-state index contributed by atoms with van der Waals surface area (Å²) in [5.41, 5.74) is 1.86. The topological polar surface area (TPSA) is 12.0 Å². The standard InChI is InChI=1S/C14H20FN/c1-10-3-5-12(8-14(10)15)7-13-6-4-11(2)16-9-13/h3,5,8,11,13,16H,4,6-7,9H2,1-2H3. The van der Waals surface area contributed by atoms with Gasteiger partial charge in [0.15, 0.2) is 0 Å². The molecule has 2 unspecified atom stereocenters. The molecule has 1 nitrogen and oxygen atoms in total. The van der Waals surface area contributed by atoms with Gasteiger partial charge in [-0.1, -0.05) is 12.1 Å². The summed E-state index contributed by atoms with van der Waals surface area (Å²) in [4.78, 5) is 0. The fourth-order valence-corrected chi connectivity index (χ4v) is 2.33. The molecule has 1 fully saturated rings. The summed E-state index contributed by atoms with van der Waals surface area (Å²) in [5, 5.41) is 3.48. The summed E-state index contributed by atoms with van der Waals surface area (Å²) in [6, 6.07) is 6.26. The fourth-order valence-electron chi connectivity index (χ4n) is 2.33. The minimum Gasteiger partial charge on any atom is -0.314 e. The Kier molecular flexibility index (Phi) is 3.59. The highest BCUT2D eigenvalue weighted by Gasteiger charge is 2.17. The summed E-state index contributed by atoms with van der Waals surface area (Å²) >= 11 is 0. The molecule has 2 heteroatoms. The predicted molar refractivity (Wildman–Crippen MR) is 65.0 cm³/mol. The summed E-state index contributed by atoms with van der Waals surface area (Å²) in [6.07, 6.45) is 3.49. The average molecular weight is 221 g/mol. The van der Waals surface area contributed by atoms with Gasteiger partial charge in [0.05, 0.1) is 0 Å². The number of hydrogen-bond acceptors (Lipinski definition) is 1. The molecule has 0 bridgehead atoms. The molecule has 2 rings (SSSR count). The van der Waals surface area contributed by atoms with Gasteiger partial charge in [-0.25, -0.2) is 4.39 Å². The van der Waals surface area contributed by atoms with Gasteiger partial charge in [0.2, 0.25) is 0 Å². The quantitative estimate of drug-likeness (QED) is 0.809. The van der Waals surface area contributed by atoms with Crippen molar-refractivity contribution < 1.29 is 4.39 Å². The highest BCUT2D eigenvalue weighted by Crippen LogP contribution is 2.20. The molecule has 0 spiro atoms. The van der Waals surface area contributed by atoms with Crippen molar-refractivity contribution in [2.45, 2.75) is 39.2 Å². The SMILES string of the molecule is Cc1ccc(CC2CCC(C)NC2)cc1F. The highest BCUT2D eigenvalue weighted by molar-refractivity contribution is 5.23. The Labute approximate surface area is 97.1 Å². The van der Waals surface area contributed by atoms with Gasteiger partial charge in [0, 0.05) is 6.04 Å². The van der Waals surface area contributed by atoms with E-state index in [4.69, 9.17) is 0 Å². The van der Waals surface area contributed by atoms with E-state index in [2.05, 4.69) is 18.3 Å². The molecule has 1 aromatic carbocycles. The van der Waals surface area contributed by atoms with E-state index >= 15 is 0 Å². The second-order valence-electron chi connectivity index (χ2n) is 5.04. The number of halogens is 1. The molecule has 1 saturated heterocycles. The number of aryl methyl sites for hydroxylation is 1. The largest absolute Gasteiger partial charge is 0.314 e. The van der Waals surface area contributed by atoms with E-state index in [0.717, 1.165) is 24.1 Å². The third-order valence-electron chi connectivity index (χ3n) is 3.52. The van der Waals surface area contributed by atoms with Gasteiger partial charge in [-0.2, -0.15) is 0 Å². The van der Waals surface area contributed by atoms with Gasteiger partial charge in [0.1, 0.15) is 5.82 Å². The van der Waals surface area contributed by atoms with Crippen LogP contribution in [0.4, 0.5) is 4.39 Å². The molecule has 0 amide bonds. The molecule has 2 atom stereocenters. The van der Waals surface area contributed by atoms with Crippen LogP contribution in [0.3, 0.4) is 0 Å². The number of nitrogens with one attached hydrogen (secondary N) is 1. The highest BCUT2D eigenvalue weighted by atomic mass is 19.1. The van der Waals surface area contributed by atoms with Crippen LogP contribution >= 0.6 is 0 Å². The van der Waals surface area contributed by atoms with Crippen LogP contribution in [0.25, 0.3) is 0 Å².